The molecule has 0 aliphatic rings. The van der Waals surface area contributed by atoms with Crippen molar-refractivity contribution in [3.05, 3.63) is 40.4 Å². The first-order valence-corrected chi connectivity index (χ1v) is 6.02. The molecular formula is C10H7Cl2N3S. The quantitative estimate of drug-likeness (QED) is 0.836. The molecule has 0 N–H and O–H groups in total. The smallest absolute Gasteiger partial charge is 0.191 e. The van der Waals surface area contributed by atoms with Gasteiger partial charge in [0.2, 0.25) is 10.6 Å². The van der Waals surface area contributed by atoms with E-state index in [9.17, 15) is 0 Å². The first-order valence-electron chi connectivity index (χ1n) is 4.45. The molecule has 0 saturated carbocycles. The highest BCUT2D eigenvalue weighted by atomic mass is 35.5. The van der Waals surface area contributed by atoms with Gasteiger partial charge in [-0.25, -0.2) is 0 Å². The Morgan fingerprint density at radius 2 is 1.50 bits per heavy atom. The maximum Gasteiger partial charge on any atom is 0.227 e. The maximum absolute atomic E-state index is 5.68. The van der Waals surface area contributed by atoms with E-state index in [0.717, 1.165) is 4.90 Å². The predicted octanol–water partition coefficient (Wildman–Crippen LogP) is 3.64. The minimum Gasteiger partial charge on any atom is -0.191 e. The summed E-state index contributed by atoms with van der Waals surface area (Å²) in [4.78, 5) is 12.7. The Morgan fingerprint density at radius 1 is 0.938 bits per heavy atom. The van der Waals surface area contributed by atoms with Crippen LogP contribution in [-0.4, -0.2) is 15.0 Å². The third kappa shape index (κ3) is 3.07. The van der Waals surface area contributed by atoms with Crippen molar-refractivity contribution in [2.24, 2.45) is 0 Å². The lowest BCUT2D eigenvalue weighted by molar-refractivity contribution is 0.904. The van der Waals surface area contributed by atoms with E-state index in [1.54, 1.807) is 0 Å². The SMILES string of the molecule is Cc1ccc(Sc2nc(Cl)nc(Cl)n2)cc1. The molecule has 0 unspecified atom stereocenters. The van der Waals surface area contributed by atoms with E-state index in [0.29, 0.717) is 5.16 Å². The number of nitrogens with zero attached hydrogens (tertiary/aromatic N) is 3. The van der Waals surface area contributed by atoms with E-state index in [-0.39, 0.29) is 10.6 Å². The van der Waals surface area contributed by atoms with Gasteiger partial charge in [0.25, 0.3) is 0 Å². The van der Waals surface area contributed by atoms with Crippen LogP contribution in [0.4, 0.5) is 0 Å². The molecule has 0 atom stereocenters. The normalized spacial score (nSPS) is 10.4. The highest BCUT2D eigenvalue weighted by Gasteiger charge is 2.04. The molecule has 0 spiro atoms. The average Bonchev–Trinajstić information content (AvgIpc) is 2.20. The molecule has 1 aromatic carbocycles. The van der Waals surface area contributed by atoms with Gasteiger partial charge in [-0.05, 0) is 54.0 Å². The van der Waals surface area contributed by atoms with Crippen LogP contribution in [0.15, 0.2) is 34.3 Å². The van der Waals surface area contributed by atoms with Gasteiger partial charge in [-0.1, -0.05) is 17.7 Å². The van der Waals surface area contributed by atoms with Gasteiger partial charge in [0.15, 0.2) is 5.16 Å². The Bertz CT molecular complexity index is 482. The van der Waals surface area contributed by atoms with Crippen molar-refractivity contribution in [2.75, 3.05) is 0 Å². The van der Waals surface area contributed by atoms with Gasteiger partial charge < -0.3 is 0 Å². The van der Waals surface area contributed by atoms with Crippen molar-refractivity contribution in [3.8, 4) is 0 Å². The van der Waals surface area contributed by atoms with E-state index < -0.39 is 0 Å². The zero-order valence-electron chi connectivity index (χ0n) is 8.32. The van der Waals surface area contributed by atoms with Crippen LogP contribution in [0.5, 0.6) is 0 Å². The summed E-state index contributed by atoms with van der Waals surface area (Å²) in [5.41, 5.74) is 1.20. The molecule has 0 aliphatic carbocycles. The number of rotatable bonds is 2. The van der Waals surface area contributed by atoms with E-state index in [2.05, 4.69) is 15.0 Å². The largest absolute Gasteiger partial charge is 0.227 e. The third-order valence-electron chi connectivity index (χ3n) is 1.79. The van der Waals surface area contributed by atoms with Crippen molar-refractivity contribution in [2.45, 2.75) is 17.0 Å². The molecule has 16 heavy (non-hydrogen) atoms. The number of aromatic nitrogens is 3. The maximum atomic E-state index is 5.68. The van der Waals surface area contributed by atoms with E-state index in [4.69, 9.17) is 23.2 Å². The van der Waals surface area contributed by atoms with Gasteiger partial charge in [0, 0.05) is 4.90 Å². The van der Waals surface area contributed by atoms with Crippen LogP contribution < -0.4 is 0 Å². The van der Waals surface area contributed by atoms with Crippen LogP contribution in [0.25, 0.3) is 0 Å². The molecule has 0 fully saturated rings. The van der Waals surface area contributed by atoms with Crippen LogP contribution in [0.3, 0.4) is 0 Å². The van der Waals surface area contributed by atoms with Gasteiger partial charge >= 0.3 is 0 Å². The monoisotopic (exact) mass is 271 g/mol. The highest BCUT2D eigenvalue weighted by molar-refractivity contribution is 7.99. The Hall–Kier alpha value is -0.840. The molecule has 2 rings (SSSR count). The van der Waals surface area contributed by atoms with Crippen LogP contribution in [0.1, 0.15) is 5.56 Å². The zero-order chi connectivity index (χ0) is 11.5. The zero-order valence-corrected chi connectivity index (χ0v) is 10.6. The third-order valence-corrected chi connectivity index (χ3v) is 3.00. The summed E-state index contributed by atoms with van der Waals surface area (Å²) in [5, 5.41) is 0.707. The fourth-order valence-electron chi connectivity index (χ4n) is 1.07. The molecule has 3 nitrogen and oxygen atoms in total. The molecule has 1 heterocycles. The van der Waals surface area contributed by atoms with Crippen molar-refractivity contribution >= 4 is 35.0 Å². The molecule has 82 valence electrons. The van der Waals surface area contributed by atoms with Crippen LogP contribution in [0, 0.1) is 6.92 Å². The standard InChI is InChI=1S/C10H7Cl2N3S/c1-6-2-4-7(5-3-6)16-10-14-8(11)13-9(12)15-10/h2-5H,1H3. The fourth-order valence-corrected chi connectivity index (χ4v) is 2.28. The second kappa shape index (κ2) is 4.99. The second-order valence-corrected chi connectivity index (χ2v) is 4.79. The van der Waals surface area contributed by atoms with Crippen molar-refractivity contribution in [1.29, 1.82) is 0 Å². The Morgan fingerprint density at radius 3 is 2.06 bits per heavy atom. The topological polar surface area (TPSA) is 38.7 Å². The Kier molecular flexibility index (Phi) is 3.63. The van der Waals surface area contributed by atoms with Gasteiger partial charge in [-0.3, -0.25) is 0 Å². The summed E-state index contributed by atoms with van der Waals surface area (Å²) < 4.78 is 0. The van der Waals surface area contributed by atoms with Crippen LogP contribution >= 0.6 is 35.0 Å². The van der Waals surface area contributed by atoms with E-state index >= 15 is 0 Å². The lowest BCUT2D eigenvalue weighted by Gasteiger charge is -2.01. The molecule has 0 radical (unpaired) electrons. The highest BCUT2D eigenvalue weighted by Crippen LogP contribution is 2.25. The molecule has 2 aromatic rings. The number of aryl methyl sites for hydroxylation is 1. The summed E-state index contributed by atoms with van der Waals surface area (Å²) in [6.07, 6.45) is 0. The molecule has 1 aromatic heterocycles. The van der Waals surface area contributed by atoms with Gasteiger partial charge in [0.05, 0.1) is 0 Å². The van der Waals surface area contributed by atoms with Crippen molar-refractivity contribution in [1.82, 2.24) is 15.0 Å². The van der Waals surface area contributed by atoms with Gasteiger partial charge in [-0.2, -0.15) is 15.0 Å². The summed E-state index contributed by atoms with van der Waals surface area (Å²) >= 11 is 12.8. The first-order chi connectivity index (χ1) is 7.63. The summed E-state index contributed by atoms with van der Waals surface area (Å²) in [6.45, 7) is 2.03. The lowest BCUT2D eigenvalue weighted by Crippen LogP contribution is -1.91. The summed E-state index contributed by atoms with van der Waals surface area (Å²) in [7, 11) is 0. The van der Waals surface area contributed by atoms with Crippen molar-refractivity contribution in [3.63, 3.8) is 0 Å². The van der Waals surface area contributed by atoms with Gasteiger partial charge in [0.1, 0.15) is 0 Å². The van der Waals surface area contributed by atoms with Crippen LogP contribution in [-0.2, 0) is 0 Å². The number of hydrogen-bond acceptors (Lipinski definition) is 4. The first kappa shape index (κ1) is 11.6. The predicted molar refractivity (Wildman–Crippen MR) is 65.1 cm³/mol. The molecule has 0 amide bonds. The van der Waals surface area contributed by atoms with Gasteiger partial charge in [-0.15, -0.1) is 0 Å². The summed E-state index contributed by atoms with van der Waals surface area (Å²) in [6, 6.07) is 8.02. The fraction of sp³-hybridized carbons (Fsp3) is 0.100. The number of benzene rings is 1. The number of halogens is 2. The van der Waals surface area contributed by atoms with Crippen molar-refractivity contribution < 1.29 is 0 Å². The summed E-state index contributed by atoms with van der Waals surface area (Å²) in [5.74, 6) is 0. The minimum atomic E-state index is 0.106. The lowest BCUT2D eigenvalue weighted by atomic mass is 10.2. The Labute approximate surface area is 107 Å². The molecular weight excluding hydrogens is 265 g/mol. The molecule has 0 saturated heterocycles. The van der Waals surface area contributed by atoms with E-state index in [1.807, 2.05) is 31.2 Å². The molecule has 0 bridgehead atoms. The van der Waals surface area contributed by atoms with Crippen LogP contribution in [0.2, 0.25) is 10.6 Å². The second-order valence-electron chi connectivity index (χ2n) is 3.07. The number of hydrogen-bond donors (Lipinski definition) is 0. The molecule has 0 aliphatic heterocycles. The molecule has 6 heteroatoms. The van der Waals surface area contributed by atoms with E-state index in [1.165, 1.54) is 17.3 Å². The Balaban J connectivity index is 2.23. The average molecular weight is 272 g/mol. The minimum absolute atomic E-state index is 0.106.